The maximum atomic E-state index is 13.1. The monoisotopic (exact) mass is 1560 g/mol. The Bertz CT molecular complexity index is 5330. The summed E-state index contributed by atoms with van der Waals surface area (Å²) < 4.78 is 13.0. The van der Waals surface area contributed by atoms with Crippen molar-refractivity contribution >= 4 is 201 Å². The zero-order valence-corrected chi connectivity index (χ0v) is 60.3. The van der Waals surface area contributed by atoms with Crippen molar-refractivity contribution in [2.45, 2.75) is 52.7 Å². The first-order valence-electron chi connectivity index (χ1n) is 28.9. The number of aromatic carboxylic acids is 2. The second kappa shape index (κ2) is 31.0. The zero-order valence-electron chi connectivity index (χ0n) is 53.2. The average molecular weight is 1560 g/mol. The Labute approximate surface area is 613 Å². The number of fused-ring (bicyclic) bond motifs is 3. The third-order valence-corrected chi connectivity index (χ3v) is 20.6. The normalized spacial score (nSPS) is 11.1. The lowest BCUT2D eigenvalue weighted by Gasteiger charge is -2.20. The molecule has 0 fully saturated rings. The van der Waals surface area contributed by atoms with Crippen LogP contribution in [-0.4, -0.2) is 87.5 Å². The van der Waals surface area contributed by atoms with E-state index < -0.39 is 61.7 Å². The molecule has 0 aliphatic heterocycles. The van der Waals surface area contributed by atoms with Crippen molar-refractivity contribution in [1.29, 1.82) is 0 Å². The van der Waals surface area contributed by atoms with Gasteiger partial charge in [0, 0.05) is 98.5 Å². The minimum Gasteiger partial charge on any atom is -0.478 e. The summed E-state index contributed by atoms with van der Waals surface area (Å²) in [6.45, 7) is 10.7. The summed E-state index contributed by atoms with van der Waals surface area (Å²) in [5, 5.41) is 94.0. The van der Waals surface area contributed by atoms with Gasteiger partial charge in [-0.15, -0.1) is 34.0 Å². The number of hydrogen-bond donors (Lipinski definition) is 8. The molecule has 37 heteroatoms. The van der Waals surface area contributed by atoms with Crippen LogP contribution in [0.15, 0.2) is 144 Å². The number of nitrogen functional groups attached to an aromatic ring is 1. The highest BCUT2D eigenvalue weighted by Gasteiger charge is 2.37. The third-order valence-electron chi connectivity index (χ3n) is 13.7. The third kappa shape index (κ3) is 17.0. The van der Waals surface area contributed by atoms with Crippen LogP contribution in [0, 0.1) is 30.3 Å². The Morgan fingerprint density at radius 3 is 1.09 bits per heavy atom. The molecule has 0 spiro atoms. The Morgan fingerprint density at radius 1 is 0.451 bits per heavy atom. The van der Waals surface area contributed by atoms with E-state index in [2.05, 4.69) is 10.6 Å². The number of esters is 2. The number of amides is 2. The van der Waals surface area contributed by atoms with E-state index in [-0.39, 0.29) is 83.9 Å². The van der Waals surface area contributed by atoms with E-state index in [1.54, 1.807) is 92.2 Å². The number of hydrogen-bond acceptors (Lipinski definition) is 24. The highest BCUT2D eigenvalue weighted by molar-refractivity contribution is 7.21. The summed E-state index contributed by atoms with van der Waals surface area (Å²) in [4.78, 5) is 105. The molecule has 0 saturated heterocycles. The minimum absolute atomic E-state index is 0.0643. The molecule has 6 heterocycles. The molecule has 524 valence electrons. The van der Waals surface area contributed by atoms with Gasteiger partial charge in [0.25, 0.3) is 33.6 Å². The van der Waals surface area contributed by atoms with Crippen LogP contribution in [0.25, 0.3) is 64.0 Å². The number of aromatic nitrogens is 3. The number of non-ortho nitro benzene ring substituents is 3. The number of anilines is 3. The molecule has 0 saturated carbocycles. The quantitative estimate of drug-likeness (QED) is 0.0165. The van der Waals surface area contributed by atoms with Crippen LogP contribution in [-0.2, 0) is 9.47 Å². The molecule has 0 unspecified atom stereocenters. The van der Waals surface area contributed by atoms with Crippen LogP contribution < -0.4 is 30.6 Å². The van der Waals surface area contributed by atoms with E-state index in [9.17, 15) is 79.8 Å². The SMILES string of the molecule is CC(C)(C)OC(=O)c1c(-c2ccc(Cl)cc2)csc1N.CC(C)(C)OC(=O)c1c(-c2ccc(Cl)cc2)csc1NC(=O)c1sc2c([N+](=O)[O-])cccc2[n+]1O.O=C(O)c1c(-c2ccc(Cl)cc2)csc1NC(=O)c1sc2c([N+](=O)[O-])cccc2[n+]1O.O=C(O)c1sc2c([N+](=O)[O-])cccc2[n+]1O. The van der Waals surface area contributed by atoms with Gasteiger partial charge in [0.05, 0.1) is 14.8 Å². The predicted molar refractivity (Wildman–Crippen MR) is 386 cm³/mol. The molecule has 0 aliphatic rings. The Balaban J connectivity index is 0.000000165. The number of ether oxygens (including phenoxy) is 2. The summed E-state index contributed by atoms with van der Waals surface area (Å²) in [7, 11) is 0. The van der Waals surface area contributed by atoms with Gasteiger partial charge in [-0.3, -0.25) is 55.6 Å². The van der Waals surface area contributed by atoms with Gasteiger partial charge in [0.2, 0.25) is 0 Å². The van der Waals surface area contributed by atoms with E-state index in [1.165, 1.54) is 65.9 Å². The number of nitrogens with zero attached hydrogens (tertiary/aromatic N) is 6. The van der Waals surface area contributed by atoms with Crippen LogP contribution in [0.3, 0.4) is 0 Å². The average Bonchev–Trinajstić information content (AvgIpc) is 1.64. The number of nitrogens with one attached hydrogen (secondary N) is 2. The van der Waals surface area contributed by atoms with Gasteiger partial charge in [-0.05, 0) is 147 Å². The summed E-state index contributed by atoms with van der Waals surface area (Å²) in [5.74, 6) is -5.16. The van der Waals surface area contributed by atoms with Crippen LogP contribution in [0.5, 0.6) is 0 Å². The Morgan fingerprint density at radius 2 is 0.755 bits per heavy atom. The molecule has 0 atom stereocenters. The molecule has 0 aliphatic carbocycles. The molecule has 28 nitrogen and oxygen atoms in total. The molecule has 102 heavy (non-hydrogen) atoms. The van der Waals surface area contributed by atoms with E-state index in [0.29, 0.717) is 73.4 Å². The number of rotatable bonds is 14. The van der Waals surface area contributed by atoms with E-state index in [1.807, 2.05) is 38.3 Å². The fourth-order valence-electron chi connectivity index (χ4n) is 9.35. The number of benzene rings is 6. The van der Waals surface area contributed by atoms with Crippen molar-refractivity contribution in [2.24, 2.45) is 0 Å². The number of carbonyl (C=O) groups is 6. The van der Waals surface area contributed by atoms with Crippen molar-refractivity contribution in [3.05, 3.63) is 221 Å². The van der Waals surface area contributed by atoms with Gasteiger partial charge in [-0.25, -0.2) is 19.2 Å². The fourth-order valence-corrected chi connectivity index (χ4v) is 15.5. The molecule has 6 aromatic heterocycles. The van der Waals surface area contributed by atoms with Gasteiger partial charge >= 0.3 is 50.7 Å². The van der Waals surface area contributed by atoms with Gasteiger partial charge in [-0.1, -0.05) is 71.2 Å². The van der Waals surface area contributed by atoms with Gasteiger partial charge in [-0.2, -0.15) is 0 Å². The van der Waals surface area contributed by atoms with E-state index in [0.717, 1.165) is 56.5 Å². The maximum absolute atomic E-state index is 13.1. The highest BCUT2D eigenvalue weighted by atomic mass is 35.5. The van der Waals surface area contributed by atoms with Crippen molar-refractivity contribution in [2.75, 3.05) is 16.4 Å². The van der Waals surface area contributed by atoms with Gasteiger partial charge in [0.15, 0.2) is 14.1 Å². The number of thiazole rings is 3. The van der Waals surface area contributed by atoms with Crippen molar-refractivity contribution < 1.29 is 93.0 Å². The number of nitrogens with two attached hydrogens (primary N) is 1. The lowest BCUT2D eigenvalue weighted by molar-refractivity contribution is -0.883. The molecular weight excluding hydrogens is 1510 g/mol. The zero-order chi connectivity index (χ0) is 74.6. The summed E-state index contributed by atoms with van der Waals surface area (Å²) in [6.07, 6.45) is 0. The van der Waals surface area contributed by atoms with E-state index in [4.69, 9.17) is 55.1 Å². The first kappa shape index (κ1) is 75.4. The molecule has 0 bridgehead atoms. The van der Waals surface area contributed by atoms with Crippen LogP contribution >= 0.6 is 103 Å². The fraction of sp³-hybridized carbons (Fsp3) is 0.123. The number of thiophene rings is 3. The van der Waals surface area contributed by atoms with Gasteiger partial charge in [0.1, 0.15) is 42.9 Å². The number of carbonyl (C=O) groups excluding carboxylic acids is 4. The largest absolute Gasteiger partial charge is 0.478 e. The molecule has 12 rings (SSSR count). The van der Waals surface area contributed by atoms with Gasteiger partial charge < -0.3 is 36.1 Å². The Kier molecular flexibility index (Phi) is 22.9. The predicted octanol–water partition coefficient (Wildman–Crippen LogP) is 16.2. The first-order chi connectivity index (χ1) is 48.0. The topological polar surface area (TPSA) is 413 Å². The molecule has 2 amide bonds. The number of nitro groups is 3. The van der Waals surface area contributed by atoms with Crippen molar-refractivity contribution in [3.8, 4) is 33.4 Å². The van der Waals surface area contributed by atoms with Crippen LogP contribution in [0.1, 0.15) is 102 Å². The lowest BCUT2D eigenvalue weighted by atomic mass is 10.0. The smallest absolute Gasteiger partial charge is 0.417 e. The summed E-state index contributed by atoms with van der Waals surface area (Å²) >= 11 is 23.4. The van der Waals surface area contributed by atoms with Crippen LogP contribution in [0.4, 0.5) is 32.1 Å². The number of carboxylic acids is 2. The second-order valence-electron chi connectivity index (χ2n) is 22.9. The van der Waals surface area contributed by atoms with Crippen molar-refractivity contribution in [3.63, 3.8) is 0 Å². The van der Waals surface area contributed by atoms with E-state index >= 15 is 0 Å². The highest BCUT2D eigenvalue weighted by Crippen LogP contribution is 2.41. The number of carboxylic acid groups (broad SMARTS) is 2. The van der Waals surface area contributed by atoms with Crippen LogP contribution in [0.2, 0.25) is 15.1 Å². The molecular formula is C65H51Cl3N9O19S6+3. The summed E-state index contributed by atoms with van der Waals surface area (Å²) in [6, 6.07) is 33.0. The Hall–Kier alpha value is -10.8. The standard InChI is InChI=1S/C23H18ClN3O6S2.C19H10ClN3O6S2.C15H16ClNO2S.C8H4N2O5S/c1-23(2,3)33-22(29)17-14(12-7-9-13(24)10-8-12)11-34-20(17)25-19(28)21-26(30)15-5-4-6-16(27(31)32)18(15)35-21;20-10-6-4-9(5-7-10)11-8-30-17(14(11)19(25)26)21-16(24)18-22(27)12-2-1-3-13(23(28)29)15(12)31-18;1-15(2,3)19-14(18)12-11(8-20-13(12)17)9-4-6-10(16)7-5-9;11-8(12)7-9(13)4-2-1-3-5(10(14)15)6(4)16-7/h4-11H,1-3H3,(H-,25,28,29,30);1-8H,(H2-,21,24,25,26,27);4-8H,17H2,1-3H3;1-3H,(H-,11,12,13)/p+3. The number of nitro benzene ring substituents is 3. The van der Waals surface area contributed by atoms with Crippen molar-refractivity contribution in [1.82, 2.24) is 0 Å². The first-order valence-corrected chi connectivity index (χ1v) is 35.1. The molecule has 9 N–H and O–H groups in total. The molecule has 6 aromatic carbocycles. The maximum Gasteiger partial charge on any atom is 0.417 e. The minimum atomic E-state index is -1.34. The molecule has 0 radical (unpaired) electrons. The summed E-state index contributed by atoms with van der Waals surface area (Å²) in [5.41, 5.74) is 8.57. The second-order valence-corrected chi connectivity index (χ2v) is 29.9. The number of halogens is 3. The lowest BCUT2D eigenvalue weighted by Crippen LogP contribution is -2.37. The molecule has 12 aromatic rings.